The van der Waals surface area contributed by atoms with E-state index in [0.717, 1.165) is 32.6 Å². The van der Waals surface area contributed by atoms with E-state index in [2.05, 4.69) is 6.92 Å². The lowest BCUT2D eigenvalue weighted by molar-refractivity contribution is -0.150. The lowest BCUT2D eigenvalue weighted by Crippen LogP contribution is -2.58. The van der Waals surface area contributed by atoms with Gasteiger partial charge >= 0.3 is 5.97 Å². The Morgan fingerprint density at radius 1 is 1.37 bits per heavy atom. The predicted molar refractivity (Wildman–Crippen MR) is 71.8 cm³/mol. The molecule has 1 saturated carbocycles. The zero-order valence-electron chi connectivity index (χ0n) is 11.7. The number of carboxylic acids is 1. The van der Waals surface area contributed by atoms with Crippen LogP contribution in [0.4, 0.5) is 0 Å². The summed E-state index contributed by atoms with van der Waals surface area (Å²) in [5, 5.41) is 9.00. The van der Waals surface area contributed by atoms with Crippen molar-refractivity contribution in [3.05, 3.63) is 0 Å². The zero-order valence-corrected chi connectivity index (χ0v) is 11.7. The molecule has 2 fully saturated rings. The molecule has 0 aromatic rings. The lowest BCUT2D eigenvalue weighted by atomic mass is 9.85. The second kappa shape index (κ2) is 6.37. The number of rotatable bonds is 6. The molecule has 1 atom stereocenters. The molecule has 1 amide bonds. The summed E-state index contributed by atoms with van der Waals surface area (Å²) < 4.78 is 0. The molecule has 5 nitrogen and oxygen atoms in total. The Kier molecular flexibility index (Phi) is 4.80. The van der Waals surface area contributed by atoms with Crippen LogP contribution in [0.3, 0.4) is 0 Å². The third-order valence-corrected chi connectivity index (χ3v) is 4.28. The molecule has 1 aliphatic heterocycles. The fraction of sp³-hybridized carbons (Fsp3) is 0.857. The highest BCUT2D eigenvalue weighted by atomic mass is 16.4. The van der Waals surface area contributed by atoms with Gasteiger partial charge in [-0.05, 0) is 31.7 Å². The molecule has 2 rings (SSSR count). The van der Waals surface area contributed by atoms with Crippen LogP contribution in [0.1, 0.15) is 39.0 Å². The standard InChI is InChI=1S/C14H24N2O3/c1-2-6-15-7-8-16(10-11-4-3-5-11)14(19)12(15)9-13(17)18/h11-12H,2-10H2,1H3,(H,17,18). The number of nitrogens with zero attached hydrogens (tertiary/aromatic N) is 2. The number of aliphatic carboxylic acids is 1. The summed E-state index contributed by atoms with van der Waals surface area (Å²) in [7, 11) is 0. The Bertz CT molecular complexity index is 342. The quantitative estimate of drug-likeness (QED) is 0.786. The fourth-order valence-corrected chi connectivity index (χ4v) is 2.99. The maximum atomic E-state index is 12.4. The fourth-order valence-electron chi connectivity index (χ4n) is 2.99. The Labute approximate surface area is 114 Å². The zero-order chi connectivity index (χ0) is 13.8. The molecule has 1 heterocycles. The number of hydrogen-bond donors (Lipinski definition) is 1. The monoisotopic (exact) mass is 268 g/mol. The van der Waals surface area contributed by atoms with Crippen LogP contribution in [0.2, 0.25) is 0 Å². The number of hydrogen-bond acceptors (Lipinski definition) is 3. The van der Waals surface area contributed by atoms with Gasteiger partial charge < -0.3 is 10.0 Å². The highest BCUT2D eigenvalue weighted by molar-refractivity contribution is 5.86. The Morgan fingerprint density at radius 2 is 2.11 bits per heavy atom. The topological polar surface area (TPSA) is 60.9 Å². The van der Waals surface area contributed by atoms with Crippen LogP contribution in [0.15, 0.2) is 0 Å². The van der Waals surface area contributed by atoms with E-state index in [1.165, 1.54) is 19.3 Å². The molecule has 0 aromatic carbocycles. The molecular formula is C14H24N2O3. The molecule has 5 heteroatoms. The number of carbonyl (C=O) groups is 2. The average molecular weight is 268 g/mol. The van der Waals surface area contributed by atoms with Gasteiger partial charge in [-0.25, -0.2) is 0 Å². The normalized spacial score (nSPS) is 25.4. The lowest BCUT2D eigenvalue weighted by Gasteiger charge is -2.42. The molecule has 108 valence electrons. The molecule has 2 aliphatic rings. The van der Waals surface area contributed by atoms with Gasteiger partial charge in [-0.3, -0.25) is 14.5 Å². The van der Waals surface area contributed by atoms with Crippen LogP contribution in [0.5, 0.6) is 0 Å². The molecular weight excluding hydrogens is 244 g/mol. The van der Waals surface area contributed by atoms with Crippen LogP contribution in [0, 0.1) is 5.92 Å². The van der Waals surface area contributed by atoms with Crippen molar-refractivity contribution >= 4 is 11.9 Å². The van der Waals surface area contributed by atoms with Crippen LogP contribution in [-0.4, -0.2) is 59.0 Å². The van der Waals surface area contributed by atoms with Crippen molar-refractivity contribution in [2.75, 3.05) is 26.2 Å². The van der Waals surface area contributed by atoms with Crippen molar-refractivity contribution in [1.29, 1.82) is 0 Å². The maximum Gasteiger partial charge on any atom is 0.305 e. The molecule has 1 aliphatic carbocycles. The van der Waals surface area contributed by atoms with Gasteiger partial charge in [-0.1, -0.05) is 13.3 Å². The number of carboxylic acid groups (broad SMARTS) is 1. The predicted octanol–water partition coefficient (Wildman–Crippen LogP) is 1.18. The summed E-state index contributed by atoms with van der Waals surface area (Å²) >= 11 is 0. The van der Waals surface area contributed by atoms with Gasteiger partial charge in [0.15, 0.2) is 0 Å². The first-order valence-electron chi connectivity index (χ1n) is 7.36. The van der Waals surface area contributed by atoms with E-state index in [1.54, 1.807) is 0 Å². The van der Waals surface area contributed by atoms with Gasteiger partial charge in [0.1, 0.15) is 0 Å². The van der Waals surface area contributed by atoms with Crippen molar-refractivity contribution in [1.82, 2.24) is 9.80 Å². The molecule has 0 radical (unpaired) electrons. The van der Waals surface area contributed by atoms with Crippen molar-refractivity contribution in [2.45, 2.75) is 45.1 Å². The third kappa shape index (κ3) is 3.47. The van der Waals surface area contributed by atoms with Gasteiger partial charge in [0.25, 0.3) is 0 Å². The van der Waals surface area contributed by atoms with E-state index in [0.29, 0.717) is 5.92 Å². The summed E-state index contributed by atoms with van der Waals surface area (Å²) in [4.78, 5) is 27.3. The molecule has 0 aromatic heterocycles. The SMILES string of the molecule is CCCN1CCN(CC2CCC2)C(=O)C1CC(=O)O. The summed E-state index contributed by atoms with van der Waals surface area (Å²) in [6, 6.07) is -0.453. The minimum atomic E-state index is -0.884. The molecule has 0 spiro atoms. The van der Waals surface area contributed by atoms with E-state index in [1.807, 2.05) is 9.80 Å². The van der Waals surface area contributed by atoms with Gasteiger partial charge in [-0.2, -0.15) is 0 Å². The first kappa shape index (κ1) is 14.3. The van der Waals surface area contributed by atoms with E-state index < -0.39 is 12.0 Å². The Balaban J connectivity index is 1.98. The number of carbonyl (C=O) groups excluding carboxylic acids is 1. The largest absolute Gasteiger partial charge is 0.481 e. The van der Waals surface area contributed by atoms with Crippen LogP contribution in [0.25, 0.3) is 0 Å². The van der Waals surface area contributed by atoms with Gasteiger partial charge in [0.2, 0.25) is 5.91 Å². The van der Waals surface area contributed by atoms with E-state index in [-0.39, 0.29) is 12.3 Å². The molecule has 0 bridgehead atoms. The smallest absolute Gasteiger partial charge is 0.305 e. The summed E-state index contributed by atoms with van der Waals surface area (Å²) in [6.07, 6.45) is 4.58. The summed E-state index contributed by atoms with van der Waals surface area (Å²) in [5.41, 5.74) is 0. The average Bonchev–Trinajstić information content (AvgIpc) is 2.30. The van der Waals surface area contributed by atoms with E-state index in [9.17, 15) is 9.59 Å². The van der Waals surface area contributed by atoms with Gasteiger partial charge in [0.05, 0.1) is 12.5 Å². The highest BCUT2D eigenvalue weighted by Crippen LogP contribution is 2.28. The van der Waals surface area contributed by atoms with Crippen molar-refractivity contribution in [3.8, 4) is 0 Å². The minimum Gasteiger partial charge on any atom is -0.481 e. The summed E-state index contributed by atoms with van der Waals surface area (Å²) in [6.45, 7) is 5.26. The van der Waals surface area contributed by atoms with Crippen molar-refractivity contribution in [3.63, 3.8) is 0 Å². The second-order valence-electron chi connectivity index (χ2n) is 5.73. The van der Waals surface area contributed by atoms with Gasteiger partial charge in [0, 0.05) is 19.6 Å². The third-order valence-electron chi connectivity index (χ3n) is 4.28. The van der Waals surface area contributed by atoms with E-state index in [4.69, 9.17) is 5.11 Å². The maximum absolute atomic E-state index is 12.4. The number of amides is 1. The van der Waals surface area contributed by atoms with E-state index >= 15 is 0 Å². The first-order valence-corrected chi connectivity index (χ1v) is 7.36. The minimum absolute atomic E-state index is 0.0222. The van der Waals surface area contributed by atoms with Gasteiger partial charge in [-0.15, -0.1) is 0 Å². The van der Waals surface area contributed by atoms with Crippen LogP contribution < -0.4 is 0 Å². The highest BCUT2D eigenvalue weighted by Gasteiger charge is 2.36. The van der Waals surface area contributed by atoms with Crippen LogP contribution >= 0.6 is 0 Å². The first-order chi connectivity index (χ1) is 9.11. The Hall–Kier alpha value is -1.10. The van der Waals surface area contributed by atoms with Crippen molar-refractivity contribution < 1.29 is 14.7 Å². The number of piperazine rings is 1. The molecule has 1 saturated heterocycles. The van der Waals surface area contributed by atoms with Crippen molar-refractivity contribution in [2.24, 2.45) is 5.92 Å². The summed E-state index contributed by atoms with van der Waals surface area (Å²) in [5.74, 6) is -0.217. The molecule has 1 unspecified atom stereocenters. The molecule has 1 N–H and O–H groups in total. The second-order valence-corrected chi connectivity index (χ2v) is 5.73. The Morgan fingerprint density at radius 3 is 2.63 bits per heavy atom. The molecule has 19 heavy (non-hydrogen) atoms. The van der Waals surface area contributed by atoms with Crippen LogP contribution in [-0.2, 0) is 9.59 Å².